The molecule has 0 spiro atoms. The van der Waals surface area contributed by atoms with Crippen LogP contribution in [0.4, 0.5) is 10.5 Å². The zero-order valence-corrected chi connectivity index (χ0v) is 14.1. The standard InChI is InChI=1S/C18H21N5O2/c1-12-8-9-20-17(21-12)13-4-6-15(7-5-13)22-18(25)23-10-2-3-14(11-23)16(19)24/h4-9,14H,2-3,10-11H2,1H3,(H2,19,24)(H,22,25)/t14-/m1/s1. The molecule has 25 heavy (non-hydrogen) atoms. The maximum absolute atomic E-state index is 12.4. The smallest absolute Gasteiger partial charge is 0.321 e. The van der Waals surface area contributed by atoms with E-state index < -0.39 is 0 Å². The highest BCUT2D eigenvalue weighted by atomic mass is 16.2. The van der Waals surface area contributed by atoms with Gasteiger partial charge in [0, 0.05) is 36.2 Å². The van der Waals surface area contributed by atoms with Crippen molar-refractivity contribution in [2.75, 3.05) is 18.4 Å². The molecular weight excluding hydrogens is 318 g/mol. The number of amides is 3. The van der Waals surface area contributed by atoms with E-state index in [1.54, 1.807) is 11.1 Å². The molecule has 1 aliphatic heterocycles. The number of primary amides is 1. The first-order chi connectivity index (χ1) is 12.0. The van der Waals surface area contributed by atoms with Crippen LogP contribution in [0.2, 0.25) is 0 Å². The Kier molecular flexibility index (Phi) is 4.92. The number of piperidine rings is 1. The van der Waals surface area contributed by atoms with Gasteiger partial charge in [-0.15, -0.1) is 0 Å². The summed E-state index contributed by atoms with van der Waals surface area (Å²) in [5.41, 5.74) is 7.82. The Bertz CT molecular complexity index is 775. The number of rotatable bonds is 3. The van der Waals surface area contributed by atoms with Crippen LogP contribution in [-0.2, 0) is 4.79 Å². The van der Waals surface area contributed by atoms with Crippen molar-refractivity contribution in [3.63, 3.8) is 0 Å². The van der Waals surface area contributed by atoms with Crippen LogP contribution in [0, 0.1) is 12.8 Å². The number of likely N-dealkylation sites (tertiary alicyclic amines) is 1. The number of benzene rings is 1. The number of carbonyl (C=O) groups is 2. The SMILES string of the molecule is Cc1ccnc(-c2ccc(NC(=O)N3CCC[C@@H](C(N)=O)C3)cc2)n1. The van der Waals surface area contributed by atoms with E-state index in [-0.39, 0.29) is 17.9 Å². The molecule has 2 aromatic rings. The van der Waals surface area contributed by atoms with Gasteiger partial charge in [0.1, 0.15) is 0 Å². The molecule has 130 valence electrons. The molecule has 0 unspecified atom stereocenters. The van der Waals surface area contributed by atoms with Crippen molar-refractivity contribution < 1.29 is 9.59 Å². The molecule has 7 heteroatoms. The zero-order valence-electron chi connectivity index (χ0n) is 14.1. The van der Waals surface area contributed by atoms with Crippen LogP contribution < -0.4 is 11.1 Å². The van der Waals surface area contributed by atoms with E-state index >= 15 is 0 Å². The molecule has 3 rings (SSSR count). The summed E-state index contributed by atoms with van der Waals surface area (Å²) in [6.45, 7) is 2.92. The summed E-state index contributed by atoms with van der Waals surface area (Å²) in [5.74, 6) is 0.0403. The Morgan fingerprint density at radius 2 is 2.00 bits per heavy atom. The first kappa shape index (κ1) is 16.9. The van der Waals surface area contributed by atoms with Gasteiger partial charge >= 0.3 is 6.03 Å². The summed E-state index contributed by atoms with van der Waals surface area (Å²) >= 11 is 0. The Balaban J connectivity index is 1.65. The third-order valence-corrected chi connectivity index (χ3v) is 4.30. The third-order valence-electron chi connectivity index (χ3n) is 4.30. The number of aromatic nitrogens is 2. The normalized spacial score (nSPS) is 17.2. The quantitative estimate of drug-likeness (QED) is 0.895. The fourth-order valence-corrected chi connectivity index (χ4v) is 2.89. The van der Waals surface area contributed by atoms with Gasteiger partial charge in [0.15, 0.2) is 5.82 Å². The summed E-state index contributed by atoms with van der Waals surface area (Å²) in [5, 5.41) is 2.86. The van der Waals surface area contributed by atoms with E-state index in [1.165, 1.54) is 0 Å². The minimum absolute atomic E-state index is 0.217. The van der Waals surface area contributed by atoms with Gasteiger partial charge in [-0.25, -0.2) is 14.8 Å². The van der Waals surface area contributed by atoms with E-state index in [2.05, 4.69) is 15.3 Å². The van der Waals surface area contributed by atoms with Gasteiger partial charge in [0.25, 0.3) is 0 Å². The number of hydrogen-bond donors (Lipinski definition) is 2. The zero-order chi connectivity index (χ0) is 17.8. The monoisotopic (exact) mass is 339 g/mol. The molecule has 1 saturated heterocycles. The number of hydrogen-bond acceptors (Lipinski definition) is 4. The fraction of sp³-hybridized carbons (Fsp3) is 0.333. The number of urea groups is 1. The molecule has 0 bridgehead atoms. The van der Waals surface area contributed by atoms with Crippen molar-refractivity contribution >= 4 is 17.6 Å². The predicted molar refractivity (Wildman–Crippen MR) is 94.7 cm³/mol. The Morgan fingerprint density at radius 3 is 2.68 bits per heavy atom. The number of carbonyl (C=O) groups excluding carboxylic acids is 2. The highest BCUT2D eigenvalue weighted by Gasteiger charge is 2.26. The number of nitrogens with one attached hydrogen (secondary N) is 1. The van der Waals surface area contributed by atoms with E-state index in [0.717, 1.165) is 24.1 Å². The van der Waals surface area contributed by atoms with Crippen LogP contribution in [0.1, 0.15) is 18.5 Å². The van der Waals surface area contributed by atoms with Crippen molar-refractivity contribution in [2.45, 2.75) is 19.8 Å². The predicted octanol–water partition coefficient (Wildman–Crippen LogP) is 2.18. The van der Waals surface area contributed by atoms with Gasteiger partial charge in [-0.05, 0) is 50.1 Å². The third kappa shape index (κ3) is 4.12. The summed E-state index contributed by atoms with van der Waals surface area (Å²) in [7, 11) is 0. The van der Waals surface area contributed by atoms with Crippen LogP contribution in [0.25, 0.3) is 11.4 Å². The van der Waals surface area contributed by atoms with Crippen molar-refractivity contribution in [3.8, 4) is 11.4 Å². The lowest BCUT2D eigenvalue weighted by atomic mass is 9.98. The van der Waals surface area contributed by atoms with Gasteiger partial charge < -0.3 is 16.0 Å². The Morgan fingerprint density at radius 1 is 1.24 bits per heavy atom. The fourth-order valence-electron chi connectivity index (χ4n) is 2.89. The van der Waals surface area contributed by atoms with E-state index in [1.807, 2.05) is 37.3 Å². The molecule has 1 aromatic heterocycles. The molecule has 0 aliphatic carbocycles. The second-order valence-corrected chi connectivity index (χ2v) is 6.22. The summed E-state index contributed by atoms with van der Waals surface area (Å²) in [6.07, 6.45) is 3.24. The second-order valence-electron chi connectivity index (χ2n) is 6.22. The molecule has 2 heterocycles. The first-order valence-corrected chi connectivity index (χ1v) is 8.28. The van der Waals surface area contributed by atoms with E-state index in [9.17, 15) is 9.59 Å². The molecule has 3 amide bonds. The van der Waals surface area contributed by atoms with Gasteiger partial charge in [-0.2, -0.15) is 0 Å². The average molecular weight is 339 g/mol. The first-order valence-electron chi connectivity index (χ1n) is 8.28. The molecule has 1 aliphatic rings. The van der Waals surface area contributed by atoms with Gasteiger partial charge in [0.2, 0.25) is 5.91 Å². The molecule has 3 N–H and O–H groups in total. The summed E-state index contributed by atoms with van der Waals surface area (Å²) in [6, 6.07) is 8.99. The van der Waals surface area contributed by atoms with Crippen molar-refractivity contribution in [1.29, 1.82) is 0 Å². The number of nitrogens with zero attached hydrogens (tertiary/aromatic N) is 3. The lowest BCUT2D eigenvalue weighted by molar-refractivity contribution is -0.123. The molecule has 1 atom stereocenters. The molecule has 7 nitrogen and oxygen atoms in total. The van der Waals surface area contributed by atoms with Crippen LogP contribution in [0.15, 0.2) is 36.5 Å². The lowest BCUT2D eigenvalue weighted by Gasteiger charge is -2.31. The largest absolute Gasteiger partial charge is 0.369 e. The molecular formula is C18H21N5O2. The average Bonchev–Trinajstić information content (AvgIpc) is 2.62. The van der Waals surface area contributed by atoms with E-state index in [4.69, 9.17) is 5.73 Å². The van der Waals surface area contributed by atoms with Crippen molar-refractivity contribution in [2.24, 2.45) is 11.7 Å². The van der Waals surface area contributed by atoms with Crippen LogP contribution in [0.5, 0.6) is 0 Å². The Hall–Kier alpha value is -2.96. The highest BCUT2D eigenvalue weighted by Crippen LogP contribution is 2.20. The minimum Gasteiger partial charge on any atom is -0.369 e. The van der Waals surface area contributed by atoms with Gasteiger partial charge in [0.05, 0.1) is 5.92 Å². The lowest BCUT2D eigenvalue weighted by Crippen LogP contribution is -2.45. The van der Waals surface area contributed by atoms with Crippen LogP contribution in [0.3, 0.4) is 0 Å². The van der Waals surface area contributed by atoms with Crippen LogP contribution in [-0.4, -0.2) is 39.9 Å². The summed E-state index contributed by atoms with van der Waals surface area (Å²) < 4.78 is 0. The van der Waals surface area contributed by atoms with Crippen molar-refractivity contribution in [1.82, 2.24) is 14.9 Å². The topological polar surface area (TPSA) is 101 Å². The molecule has 1 fully saturated rings. The number of nitrogens with two attached hydrogens (primary N) is 1. The maximum Gasteiger partial charge on any atom is 0.321 e. The number of anilines is 1. The highest BCUT2D eigenvalue weighted by molar-refractivity contribution is 5.90. The minimum atomic E-state index is -0.347. The maximum atomic E-state index is 12.4. The van der Waals surface area contributed by atoms with E-state index in [0.29, 0.717) is 24.6 Å². The van der Waals surface area contributed by atoms with Crippen LogP contribution >= 0.6 is 0 Å². The van der Waals surface area contributed by atoms with Gasteiger partial charge in [-0.1, -0.05) is 0 Å². The molecule has 0 saturated carbocycles. The van der Waals surface area contributed by atoms with Gasteiger partial charge in [-0.3, -0.25) is 4.79 Å². The summed E-state index contributed by atoms with van der Waals surface area (Å²) in [4.78, 5) is 34.0. The van der Waals surface area contributed by atoms with Crippen molar-refractivity contribution in [3.05, 3.63) is 42.2 Å². The Labute approximate surface area is 146 Å². The second kappa shape index (κ2) is 7.29. The molecule has 0 radical (unpaired) electrons. The number of aryl methyl sites for hydroxylation is 1. The molecule has 1 aromatic carbocycles.